The van der Waals surface area contributed by atoms with Crippen molar-refractivity contribution >= 4 is 16.1 Å². The van der Waals surface area contributed by atoms with Gasteiger partial charge in [0.2, 0.25) is 0 Å². The fourth-order valence-corrected chi connectivity index (χ4v) is 3.52. The molecule has 0 atom stereocenters. The van der Waals surface area contributed by atoms with Crippen molar-refractivity contribution in [1.82, 2.24) is 0 Å². The van der Waals surface area contributed by atoms with Gasteiger partial charge in [-0.1, -0.05) is 89.8 Å². The van der Waals surface area contributed by atoms with E-state index in [9.17, 15) is 17.8 Å². The van der Waals surface area contributed by atoms with Gasteiger partial charge in [0.1, 0.15) is 0 Å². The molecule has 0 fully saturated rings. The van der Waals surface area contributed by atoms with Crippen LogP contribution >= 0.6 is 0 Å². The second-order valence-corrected chi connectivity index (χ2v) is 8.15. The summed E-state index contributed by atoms with van der Waals surface area (Å²) in [6, 6.07) is 6.73. The van der Waals surface area contributed by atoms with E-state index in [0.717, 1.165) is 18.4 Å². The summed E-state index contributed by atoms with van der Waals surface area (Å²) in [4.78, 5) is 9.43. The molecule has 0 unspecified atom stereocenters. The van der Waals surface area contributed by atoms with Gasteiger partial charge in [0, 0.05) is 6.42 Å². The SMILES string of the molecule is CCC(=O)O.CCCCCCCCCCCCc1ccccc1S(=O)(=O)O. The summed E-state index contributed by atoms with van der Waals surface area (Å²) in [5.41, 5.74) is 0.726. The molecule has 1 aromatic rings. The van der Waals surface area contributed by atoms with Gasteiger partial charge >= 0.3 is 5.97 Å². The van der Waals surface area contributed by atoms with E-state index < -0.39 is 16.1 Å². The van der Waals surface area contributed by atoms with Crippen LogP contribution in [0.15, 0.2) is 29.2 Å². The quantitative estimate of drug-likeness (QED) is 0.319. The second-order valence-electron chi connectivity index (χ2n) is 6.76. The lowest BCUT2D eigenvalue weighted by Crippen LogP contribution is -2.03. The zero-order chi connectivity index (χ0) is 20.5. The van der Waals surface area contributed by atoms with Gasteiger partial charge in [-0.3, -0.25) is 9.35 Å². The Morgan fingerprint density at radius 2 is 1.30 bits per heavy atom. The third-order valence-electron chi connectivity index (χ3n) is 4.35. The van der Waals surface area contributed by atoms with E-state index in [1.165, 1.54) is 57.4 Å². The largest absolute Gasteiger partial charge is 0.481 e. The summed E-state index contributed by atoms with van der Waals surface area (Å²) < 4.78 is 31.8. The third kappa shape index (κ3) is 14.3. The molecule has 0 amide bonds. The molecule has 0 radical (unpaired) electrons. The van der Waals surface area contributed by atoms with Gasteiger partial charge in [0.15, 0.2) is 0 Å². The van der Waals surface area contributed by atoms with Crippen molar-refractivity contribution in [1.29, 1.82) is 0 Å². The van der Waals surface area contributed by atoms with E-state index >= 15 is 0 Å². The maximum atomic E-state index is 11.3. The Kier molecular flexibility index (Phi) is 14.8. The van der Waals surface area contributed by atoms with Crippen LogP contribution in [0, 0.1) is 0 Å². The lowest BCUT2D eigenvalue weighted by atomic mass is 10.0. The van der Waals surface area contributed by atoms with Crippen LogP contribution in [0.25, 0.3) is 0 Å². The van der Waals surface area contributed by atoms with Crippen molar-refractivity contribution in [2.24, 2.45) is 0 Å². The van der Waals surface area contributed by atoms with Crippen LogP contribution in [0.4, 0.5) is 0 Å². The topological polar surface area (TPSA) is 91.7 Å². The normalized spacial score (nSPS) is 10.9. The molecule has 5 nitrogen and oxygen atoms in total. The van der Waals surface area contributed by atoms with E-state index in [1.807, 2.05) is 6.07 Å². The Bertz CT molecular complexity index is 611. The average Bonchev–Trinajstić information content (AvgIpc) is 2.63. The summed E-state index contributed by atoms with van der Waals surface area (Å²) in [6.45, 7) is 3.84. The Hall–Kier alpha value is -1.40. The molecular weight excluding hydrogens is 364 g/mol. The fraction of sp³-hybridized carbons (Fsp3) is 0.667. The maximum Gasteiger partial charge on any atom is 0.303 e. The van der Waals surface area contributed by atoms with Crippen molar-refractivity contribution in [2.75, 3.05) is 0 Å². The van der Waals surface area contributed by atoms with Crippen LogP contribution < -0.4 is 0 Å². The van der Waals surface area contributed by atoms with Crippen LogP contribution in [-0.4, -0.2) is 24.0 Å². The molecule has 1 aromatic carbocycles. The highest BCUT2D eigenvalue weighted by Crippen LogP contribution is 2.18. The first-order chi connectivity index (χ1) is 12.8. The summed E-state index contributed by atoms with van der Waals surface area (Å²) in [6.07, 6.45) is 13.5. The van der Waals surface area contributed by atoms with Crippen molar-refractivity contribution in [2.45, 2.75) is 95.8 Å². The van der Waals surface area contributed by atoms with Crippen LogP contribution in [0.5, 0.6) is 0 Å². The standard InChI is InChI=1S/C18H30O3S.C3H6O2/c1-2-3-4-5-6-7-8-9-10-11-14-17-15-12-13-16-18(17)22(19,20)21;1-2-3(4)5/h12-13,15-16H,2-11,14H2,1H3,(H,19,20,21);2H2,1H3,(H,4,5). The zero-order valence-electron chi connectivity index (χ0n) is 16.8. The van der Waals surface area contributed by atoms with Gasteiger partial charge in [-0.15, -0.1) is 0 Å². The summed E-state index contributed by atoms with van der Waals surface area (Å²) in [5, 5.41) is 7.72. The van der Waals surface area contributed by atoms with Gasteiger partial charge in [0.25, 0.3) is 10.1 Å². The van der Waals surface area contributed by atoms with Crippen molar-refractivity contribution in [3.8, 4) is 0 Å². The molecule has 0 saturated carbocycles. The number of rotatable bonds is 13. The Morgan fingerprint density at radius 1 is 0.852 bits per heavy atom. The van der Waals surface area contributed by atoms with Gasteiger partial charge in [-0.05, 0) is 24.5 Å². The Balaban J connectivity index is 0.00000119. The van der Waals surface area contributed by atoms with E-state index in [4.69, 9.17) is 5.11 Å². The van der Waals surface area contributed by atoms with Gasteiger partial charge < -0.3 is 5.11 Å². The van der Waals surface area contributed by atoms with Crippen molar-refractivity contribution in [3.05, 3.63) is 29.8 Å². The average molecular weight is 401 g/mol. The molecule has 0 saturated heterocycles. The minimum absolute atomic E-state index is 0.0610. The molecule has 0 aliphatic carbocycles. The lowest BCUT2D eigenvalue weighted by Gasteiger charge is -2.07. The first-order valence-corrected chi connectivity index (χ1v) is 11.5. The van der Waals surface area contributed by atoms with E-state index in [-0.39, 0.29) is 11.3 Å². The predicted octanol–water partition coefficient (Wildman–Crippen LogP) is 5.88. The molecule has 1 rings (SSSR count). The van der Waals surface area contributed by atoms with Gasteiger partial charge in [0.05, 0.1) is 4.90 Å². The monoisotopic (exact) mass is 400 g/mol. The van der Waals surface area contributed by atoms with Gasteiger partial charge in [-0.25, -0.2) is 0 Å². The number of aryl methyl sites for hydroxylation is 1. The number of carboxylic acid groups (broad SMARTS) is 1. The zero-order valence-corrected chi connectivity index (χ0v) is 17.6. The van der Waals surface area contributed by atoms with Crippen LogP contribution in [0.2, 0.25) is 0 Å². The minimum atomic E-state index is -4.10. The maximum absolute atomic E-state index is 11.3. The van der Waals surface area contributed by atoms with Crippen LogP contribution in [-0.2, 0) is 21.3 Å². The number of hydrogen-bond acceptors (Lipinski definition) is 3. The number of unbranched alkanes of at least 4 members (excludes halogenated alkanes) is 9. The molecule has 0 aliphatic heterocycles. The van der Waals surface area contributed by atoms with E-state index in [1.54, 1.807) is 19.1 Å². The molecule has 2 N–H and O–H groups in total. The highest BCUT2D eigenvalue weighted by atomic mass is 32.2. The number of hydrogen-bond donors (Lipinski definition) is 2. The molecule has 0 heterocycles. The van der Waals surface area contributed by atoms with Crippen molar-refractivity contribution in [3.63, 3.8) is 0 Å². The number of carbonyl (C=O) groups is 1. The van der Waals surface area contributed by atoms with Crippen LogP contribution in [0.3, 0.4) is 0 Å². The minimum Gasteiger partial charge on any atom is -0.481 e. The smallest absolute Gasteiger partial charge is 0.303 e. The highest BCUT2D eigenvalue weighted by molar-refractivity contribution is 7.85. The molecule has 6 heteroatoms. The molecule has 0 bridgehead atoms. The Labute approximate surface area is 164 Å². The summed E-state index contributed by atoms with van der Waals surface area (Å²) in [7, 11) is -4.10. The molecule has 27 heavy (non-hydrogen) atoms. The van der Waals surface area contributed by atoms with Crippen molar-refractivity contribution < 1.29 is 22.9 Å². The molecular formula is C21H36O5S. The lowest BCUT2D eigenvalue weighted by molar-refractivity contribution is -0.136. The highest BCUT2D eigenvalue weighted by Gasteiger charge is 2.13. The number of aliphatic carboxylic acids is 1. The summed E-state index contributed by atoms with van der Waals surface area (Å²) in [5.74, 6) is -0.745. The summed E-state index contributed by atoms with van der Waals surface area (Å²) >= 11 is 0. The predicted molar refractivity (Wildman–Crippen MR) is 110 cm³/mol. The van der Waals surface area contributed by atoms with E-state index in [2.05, 4.69) is 6.92 Å². The molecule has 156 valence electrons. The third-order valence-corrected chi connectivity index (χ3v) is 5.31. The molecule has 0 aliphatic rings. The number of benzene rings is 1. The van der Waals surface area contributed by atoms with E-state index in [0.29, 0.717) is 6.42 Å². The molecule has 0 spiro atoms. The van der Waals surface area contributed by atoms with Gasteiger partial charge in [-0.2, -0.15) is 8.42 Å². The first kappa shape index (κ1) is 25.6. The number of carboxylic acids is 1. The molecule has 0 aromatic heterocycles. The fourth-order valence-electron chi connectivity index (χ4n) is 2.76. The van der Waals surface area contributed by atoms with Crippen LogP contribution in [0.1, 0.15) is 90.0 Å². The second kappa shape index (κ2) is 15.6. The first-order valence-electron chi connectivity index (χ1n) is 10.1. The Morgan fingerprint density at radius 3 is 1.74 bits per heavy atom.